The number of esters is 1. The lowest BCUT2D eigenvalue weighted by Gasteiger charge is -2.72. The topological polar surface area (TPSA) is 183 Å². The molecule has 1 aromatic heterocycles. The summed E-state index contributed by atoms with van der Waals surface area (Å²) in [6, 6.07) is 0.439. The zero-order chi connectivity index (χ0) is 48.4. The molecule has 3 N–H and O–H groups in total. The Hall–Kier alpha value is -4.24. The van der Waals surface area contributed by atoms with Gasteiger partial charge in [0.1, 0.15) is 17.3 Å². The largest absolute Gasteiger partial charge is 0.481 e. The number of allylic oxidation sites excluding steroid dienone is 1. The lowest BCUT2D eigenvalue weighted by molar-refractivity contribution is -0.235. The Kier molecular flexibility index (Phi) is 11.7. The minimum atomic E-state index is -4.97. The molecule has 6 aliphatic carbocycles. The van der Waals surface area contributed by atoms with Crippen molar-refractivity contribution in [1.29, 1.82) is 0 Å². The average Bonchev–Trinajstić information content (AvgIpc) is 3.76. The summed E-state index contributed by atoms with van der Waals surface area (Å²) in [6.07, 6.45) is 0.147. The zero-order valence-electron chi connectivity index (χ0n) is 40.1. The Bertz CT molecular complexity index is 2230. The van der Waals surface area contributed by atoms with Crippen molar-refractivity contribution >= 4 is 35.6 Å². The number of halogens is 3. The number of nitrogens with one attached hydrogen (secondary N) is 2. The number of fused-ring (bicyclic) bond motifs is 7. The Morgan fingerprint density at radius 1 is 0.892 bits per heavy atom. The predicted molar refractivity (Wildman–Crippen MR) is 232 cm³/mol. The molecule has 0 radical (unpaired) electrons. The van der Waals surface area contributed by atoms with Crippen molar-refractivity contribution in [3.05, 3.63) is 28.6 Å². The Morgan fingerprint density at radius 3 is 2.14 bits per heavy atom. The highest BCUT2D eigenvalue weighted by atomic mass is 19.4. The molecular weight excluding hydrogens is 846 g/mol. The summed E-state index contributed by atoms with van der Waals surface area (Å²) in [7, 11) is 0. The number of carboxylic acids is 1. The third-order valence-corrected chi connectivity index (χ3v) is 18.5. The maximum absolute atomic E-state index is 14.5. The van der Waals surface area contributed by atoms with Crippen LogP contribution in [0.4, 0.5) is 18.0 Å². The molecule has 2 amide bonds. The number of carbonyl (C=O) groups is 6. The Morgan fingerprint density at radius 2 is 1.55 bits per heavy atom. The van der Waals surface area contributed by atoms with Crippen LogP contribution in [0.25, 0.3) is 0 Å². The van der Waals surface area contributed by atoms with Crippen LogP contribution in [-0.2, 0) is 34.8 Å². The molecule has 0 spiro atoms. The molecule has 0 bridgehead atoms. The third-order valence-electron chi connectivity index (χ3n) is 18.5. The first-order valence-corrected chi connectivity index (χ1v) is 23.5. The van der Waals surface area contributed by atoms with E-state index in [1.54, 1.807) is 0 Å². The van der Waals surface area contributed by atoms with Crippen molar-refractivity contribution in [3.63, 3.8) is 0 Å². The van der Waals surface area contributed by atoms with Gasteiger partial charge >= 0.3 is 24.2 Å². The molecule has 2 unspecified atom stereocenters. The molecule has 10 atom stereocenters. The van der Waals surface area contributed by atoms with E-state index in [1.165, 1.54) is 20.8 Å². The smallest absolute Gasteiger partial charge is 0.435 e. The van der Waals surface area contributed by atoms with Gasteiger partial charge in [-0.2, -0.15) is 23.0 Å². The molecule has 65 heavy (non-hydrogen) atoms. The normalized spacial score (nSPS) is 36.0. The molecule has 7 rings (SSSR count). The number of rotatable bonds is 9. The van der Waals surface area contributed by atoms with Gasteiger partial charge in [0.05, 0.1) is 24.0 Å². The fourth-order valence-corrected chi connectivity index (χ4v) is 14.7. The van der Waals surface area contributed by atoms with E-state index in [4.69, 9.17) is 9.47 Å². The van der Waals surface area contributed by atoms with Gasteiger partial charge in [-0.15, -0.1) is 0 Å². The number of carbonyl (C=O) groups excluding carboxylic acids is 5. The highest BCUT2D eigenvalue weighted by molar-refractivity contribution is 6.04. The molecule has 1 aromatic rings. The monoisotopic (exact) mass is 915 g/mol. The van der Waals surface area contributed by atoms with E-state index < -0.39 is 69.8 Å². The summed E-state index contributed by atoms with van der Waals surface area (Å²) in [5.74, 6) is -3.59. The molecule has 5 fully saturated rings. The highest BCUT2D eigenvalue weighted by Gasteiger charge is 2.71. The molecule has 360 valence electrons. The van der Waals surface area contributed by atoms with Gasteiger partial charge in [-0.25, -0.2) is 4.79 Å². The lowest BCUT2D eigenvalue weighted by atomic mass is 9.33. The average molecular weight is 915 g/mol. The second-order valence-corrected chi connectivity index (χ2v) is 23.1. The Balaban J connectivity index is 1.13. The molecule has 6 aliphatic rings. The van der Waals surface area contributed by atoms with Crippen LogP contribution in [0.5, 0.6) is 0 Å². The number of ether oxygens (including phenoxy) is 2. The lowest BCUT2D eigenvalue weighted by Crippen LogP contribution is -2.68. The third kappa shape index (κ3) is 7.34. The van der Waals surface area contributed by atoms with E-state index in [0.717, 1.165) is 49.7 Å². The SMILES string of the molecule is CCOC(=O)n1nc(C(F)(F)F)cc1C(=O)NC(C)(C)C(=O)NC12CC[C@]3(C)[C@H](CC[C@H]4C3(C)CC[C@H]3C(C)(C)[C@@H](OC(=O)[C@H]5C[C@@H](C(=O)O)C5(C)C)CC[C@@]34C)C1=C(C(C)C)C(=O)C2. The number of aromatic nitrogens is 2. The number of aliphatic carboxylic acids is 1. The minimum Gasteiger partial charge on any atom is -0.481 e. The van der Waals surface area contributed by atoms with Gasteiger partial charge in [0.15, 0.2) is 11.5 Å². The fraction of sp³-hybridized carbons (Fsp3) is 0.776. The van der Waals surface area contributed by atoms with Crippen molar-refractivity contribution in [2.24, 2.45) is 62.6 Å². The summed E-state index contributed by atoms with van der Waals surface area (Å²) in [6.45, 7) is 23.5. The van der Waals surface area contributed by atoms with Gasteiger partial charge in [-0.1, -0.05) is 62.3 Å². The van der Waals surface area contributed by atoms with Gasteiger partial charge < -0.3 is 25.2 Å². The highest BCUT2D eigenvalue weighted by Crippen LogP contribution is 2.76. The van der Waals surface area contributed by atoms with E-state index in [2.05, 4.69) is 50.4 Å². The fourth-order valence-electron chi connectivity index (χ4n) is 14.7. The molecule has 5 saturated carbocycles. The number of amides is 2. The number of ketones is 1. The van der Waals surface area contributed by atoms with Gasteiger partial charge in [0.25, 0.3) is 5.91 Å². The van der Waals surface area contributed by atoms with E-state index >= 15 is 0 Å². The number of hydrogen-bond acceptors (Lipinski definition) is 9. The summed E-state index contributed by atoms with van der Waals surface area (Å²) in [5.41, 5.74) is -4.77. The summed E-state index contributed by atoms with van der Waals surface area (Å²) < 4.78 is 52.6. The molecular formula is C49H69F3N4O9. The van der Waals surface area contributed by atoms with E-state index in [0.29, 0.717) is 24.8 Å². The van der Waals surface area contributed by atoms with Crippen LogP contribution in [0.3, 0.4) is 0 Å². The van der Waals surface area contributed by atoms with Crippen LogP contribution < -0.4 is 10.6 Å². The van der Waals surface area contributed by atoms with Crippen LogP contribution in [0, 0.1) is 62.6 Å². The minimum absolute atomic E-state index is 0.0271. The molecule has 16 heteroatoms. The quantitative estimate of drug-likeness (QED) is 0.202. The van der Waals surface area contributed by atoms with E-state index in [9.17, 15) is 47.0 Å². The maximum atomic E-state index is 14.5. The van der Waals surface area contributed by atoms with E-state index in [1.807, 2.05) is 27.7 Å². The molecule has 0 saturated heterocycles. The number of hydrogen-bond donors (Lipinski definition) is 3. The second kappa shape index (κ2) is 15.7. The molecule has 13 nitrogen and oxygen atoms in total. The second-order valence-electron chi connectivity index (χ2n) is 23.1. The van der Waals surface area contributed by atoms with Crippen LogP contribution in [0.1, 0.15) is 163 Å². The molecule has 0 aromatic carbocycles. The summed E-state index contributed by atoms with van der Waals surface area (Å²) >= 11 is 0. The van der Waals surface area contributed by atoms with Gasteiger partial charge in [0.2, 0.25) is 5.91 Å². The van der Waals surface area contributed by atoms with E-state index in [-0.39, 0.29) is 81.4 Å². The van der Waals surface area contributed by atoms with Gasteiger partial charge in [-0.05, 0) is 135 Å². The van der Waals surface area contributed by atoms with Crippen molar-refractivity contribution in [1.82, 2.24) is 20.4 Å². The Labute approximate surface area is 380 Å². The predicted octanol–water partition coefficient (Wildman–Crippen LogP) is 8.92. The van der Waals surface area contributed by atoms with Crippen LogP contribution in [0.2, 0.25) is 0 Å². The standard InChI is InChI=1S/C49H69F3N4O9/c1-13-64-41(63)56-29(23-33(55-56)49(50,51)52)37(58)53-44(8,9)40(62)54-48-21-20-46(11)26(36(48)35(25(2)3)30(57)24-48)14-15-32-45(10)18-17-34(43(6,7)31(45)16-19-47(32,46)12)65-39(61)28-22-27(38(59)60)42(28,4)5/h23,25-28,31-32,34H,13-22,24H2,1-12H3,(H,53,58)(H,54,62)(H,59,60)/t26-,27+,28-,31+,32-,34+,45+,46-,47?,48?/m1/s1. The number of nitrogens with zero attached hydrogens (tertiary/aromatic N) is 2. The summed E-state index contributed by atoms with van der Waals surface area (Å²) in [5, 5.41) is 18.7. The first-order chi connectivity index (χ1) is 29.8. The van der Waals surface area contributed by atoms with Crippen molar-refractivity contribution < 1.29 is 56.5 Å². The molecule has 1 heterocycles. The first kappa shape index (κ1) is 48.7. The van der Waals surface area contributed by atoms with Gasteiger partial charge in [-0.3, -0.25) is 24.0 Å². The number of Topliss-reactive ketones (excluding diaryl/α,β-unsaturated/α-hetero) is 1. The van der Waals surface area contributed by atoms with Crippen molar-refractivity contribution in [3.8, 4) is 0 Å². The number of carboxylic acid groups (broad SMARTS) is 1. The van der Waals surface area contributed by atoms with Crippen molar-refractivity contribution in [2.75, 3.05) is 6.61 Å². The van der Waals surface area contributed by atoms with Crippen LogP contribution in [-0.4, -0.2) is 74.3 Å². The summed E-state index contributed by atoms with van der Waals surface area (Å²) in [4.78, 5) is 80.5. The number of alkyl halides is 3. The van der Waals surface area contributed by atoms with Crippen molar-refractivity contribution in [2.45, 2.75) is 171 Å². The maximum Gasteiger partial charge on any atom is 0.435 e. The van der Waals surface area contributed by atoms with Gasteiger partial charge in [0, 0.05) is 17.9 Å². The zero-order valence-corrected chi connectivity index (χ0v) is 40.1. The van der Waals surface area contributed by atoms with Crippen LogP contribution in [0.15, 0.2) is 17.2 Å². The first-order valence-electron chi connectivity index (χ1n) is 23.5. The molecule has 0 aliphatic heterocycles. The van der Waals surface area contributed by atoms with Crippen LogP contribution >= 0.6 is 0 Å².